The van der Waals surface area contributed by atoms with Crippen LogP contribution >= 0.6 is 0 Å². The van der Waals surface area contributed by atoms with Crippen molar-refractivity contribution in [3.63, 3.8) is 0 Å². The molecule has 0 fully saturated rings. The smallest absolute Gasteiger partial charge is 0.192 e. The summed E-state index contributed by atoms with van der Waals surface area (Å²) in [5.41, 5.74) is 3.27. The number of ether oxygens (including phenoxy) is 2. The van der Waals surface area contributed by atoms with Crippen LogP contribution in [0.5, 0.6) is 5.75 Å². The largest absolute Gasteiger partial charge is 0.598 e. The van der Waals surface area contributed by atoms with Gasteiger partial charge in [-0.05, 0) is 88.1 Å². The summed E-state index contributed by atoms with van der Waals surface area (Å²) < 4.78 is 50.8. The van der Waals surface area contributed by atoms with Crippen LogP contribution < -0.4 is 9.46 Å². The Morgan fingerprint density at radius 1 is 1.04 bits per heavy atom. The van der Waals surface area contributed by atoms with Crippen molar-refractivity contribution in [2.45, 2.75) is 96.1 Å². The molecule has 2 N–H and O–H groups in total. The summed E-state index contributed by atoms with van der Waals surface area (Å²) in [6.07, 6.45) is 0.706. The number of fused-ring (bicyclic) bond motifs is 1. The maximum Gasteiger partial charge on any atom is 0.192 e. The Kier molecular flexibility index (Phi) is 13.0. The van der Waals surface area contributed by atoms with E-state index in [9.17, 15) is 9.66 Å². The van der Waals surface area contributed by atoms with Gasteiger partial charge in [-0.15, -0.1) is 4.72 Å². The number of aliphatic hydroxyl groups is 1. The first-order valence-corrected chi connectivity index (χ1v) is 20.8. The Morgan fingerprint density at radius 2 is 1.78 bits per heavy atom. The second-order valence-corrected chi connectivity index (χ2v) is 21.5. The number of hydrogen-bond acceptors (Lipinski definition) is 9. The highest BCUT2D eigenvalue weighted by atomic mass is 32.2. The molecule has 0 saturated carbocycles. The summed E-state index contributed by atoms with van der Waals surface area (Å²) in [5, 5.41) is 14.9. The Balaban J connectivity index is 1.77. The highest BCUT2D eigenvalue weighted by Gasteiger charge is 2.37. The van der Waals surface area contributed by atoms with E-state index in [1.165, 1.54) is 0 Å². The van der Waals surface area contributed by atoms with E-state index in [-0.39, 0.29) is 24.5 Å². The molecule has 10 nitrogen and oxygen atoms in total. The summed E-state index contributed by atoms with van der Waals surface area (Å²) in [6, 6.07) is 14.1. The first-order chi connectivity index (χ1) is 23.1. The molecule has 3 heterocycles. The van der Waals surface area contributed by atoms with Crippen molar-refractivity contribution >= 4 is 30.6 Å². The van der Waals surface area contributed by atoms with Gasteiger partial charge in [0.15, 0.2) is 14.1 Å². The highest BCUT2D eigenvalue weighted by molar-refractivity contribution is 7.90. The molecule has 0 aliphatic carbocycles. The third-order valence-electron chi connectivity index (χ3n) is 8.77. The predicted octanol–water partition coefficient (Wildman–Crippen LogP) is 7.23. The topological polar surface area (TPSA) is 127 Å². The number of alkyl halides is 1. The molecule has 3 atom stereocenters. The summed E-state index contributed by atoms with van der Waals surface area (Å²) in [5.74, 6) is 1.22. The van der Waals surface area contributed by atoms with Crippen molar-refractivity contribution in [3.05, 3.63) is 66.1 Å². The van der Waals surface area contributed by atoms with E-state index in [0.717, 1.165) is 22.2 Å². The molecule has 3 aromatic heterocycles. The van der Waals surface area contributed by atoms with Crippen LogP contribution in [0.3, 0.4) is 0 Å². The number of benzene rings is 1. The van der Waals surface area contributed by atoms with Crippen LogP contribution in [-0.4, -0.2) is 75.6 Å². The van der Waals surface area contributed by atoms with Crippen molar-refractivity contribution < 1.29 is 27.9 Å². The minimum atomic E-state index is -1.98. The van der Waals surface area contributed by atoms with Gasteiger partial charge in [-0.1, -0.05) is 32.9 Å². The molecule has 13 heteroatoms. The molecule has 1 aromatic carbocycles. The van der Waals surface area contributed by atoms with Crippen LogP contribution in [0, 0.1) is 0 Å². The number of aliphatic hydroxyl groups excluding tert-OH is 1. The van der Waals surface area contributed by atoms with Gasteiger partial charge in [-0.25, -0.2) is 14.1 Å². The minimum Gasteiger partial charge on any atom is -0.598 e. The molecule has 0 bridgehead atoms. The molecule has 0 amide bonds. The monoisotopic (exact) mass is 713 g/mol. The molecule has 0 saturated heterocycles. The molecule has 4 aromatic rings. The van der Waals surface area contributed by atoms with Crippen molar-refractivity contribution in [1.82, 2.24) is 24.5 Å². The molecule has 0 spiro atoms. The minimum absolute atomic E-state index is 0.0774. The van der Waals surface area contributed by atoms with Gasteiger partial charge in [0.05, 0.1) is 47.4 Å². The lowest BCUT2D eigenvalue weighted by Gasteiger charge is -2.36. The summed E-state index contributed by atoms with van der Waals surface area (Å²) in [6.45, 7) is 17.5. The summed E-state index contributed by atoms with van der Waals surface area (Å²) >= 11 is -1.55. The molecule has 0 radical (unpaired) electrons. The average Bonchev–Trinajstić information content (AvgIpc) is 3.49. The second kappa shape index (κ2) is 16.4. The second-order valence-electron chi connectivity index (χ2n) is 14.6. The van der Waals surface area contributed by atoms with Gasteiger partial charge >= 0.3 is 0 Å². The fraction of sp³-hybridized carbons (Fsp3) is 0.528. The number of rotatable bonds is 16. The number of hydrogen-bond donors (Lipinski definition) is 2. The Bertz CT molecular complexity index is 1680. The standard InChI is InChI=1S/C36H52FN5O5SSi/c1-35(2,3)48(44)41-34(28(37)14-12-18-43)30-16-11-15-29(40-30)25-21-31-27(32(22-25)46-20-19-45-7)23-38-42(31)33-17-10-13-26(39-33)24-47-49(8,9)36(4,5)6/h10-11,13,15-17,21-23,28,34,41,43H,12,14,18-20,24H2,1-9H3/t28?,34-,48?/m1/s1. The zero-order chi connectivity index (χ0) is 36.0. The van der Waals surface area contributed by atoms with Crippen molar-refractivity contribution in [3.8, 4) is 22.8 Å². The van der Waals surface area contributed by atoms with E-state index in [0.29, 0.717) is 42.8 Å². The first-order valence-electron chi connectivity index (χ1n) is 16.7. The molecule has 4 rings (SSSR count). The van der Waals surface area contributed by atoms with Crippen LogP contribution in [0.1, 0.15) is 71.8 Å². The fourth-order valence-corrected chi connectivity index (χ4v) is 6.56. The molecular weight excluding hydrogens is 662 g/mol. The quantitative estimate of drug-likeness (QED) is 0.0703. The number of methoxy groups -OCH3 is 1. The number of pyridine rings is 2. The Morgan fingerprint density at radius 3 is 2.45 bits per heavy atom. The first kappa shape index (κ1) is 38.9. The van der Waals surface area contributed by atoms with Gasteiger partial charge in [-0.3, -0.25) is 4.98 Å². The highest BCUT2D eigenvalue weighted by Crippen LogP contribution is 2.37. The lowest BCUT2D eigenvalue weighted by molar-refractivity contribution is 0.147. The number of aromatic nitrogens is 4. The third-order valence-corrected chi connectivity index (χ3v) is 14.8. The number of nitrogens with zero attached hydrogens (tertiary/aromatic N) is 4. The fourth-order valence-electron chi connectivity index (χ4n) is 4.77. The van der Waals surface area contributed by atoms with Gasteiger partial charge in [0.1, 0.15) is 29.3 Å². The molecule has 0 aliphatic heterocycles. The Hall–Kier alpha value is -2.91. The van der Waals surface area contributed by atoms with Crippen LogP contribution in [0.2, 0.25) is 18.1 Å². The zero-order valence-corrected chi connectivity index (χ0v) is 32.1. The molecule has 268 valence electrons. The van der Waals surface area contributed by atoms with E-state index in [1.807, 2.05) is 63.2 Å². The van der Waals surface area contributed by atoms with Gasteiger partial charge in [0.2, 0.25) is 0 Å². The van der Waals surface area contributed by atoms with Crippen LogP contribution in [0.4, 0.5) is 4.39 Å². The molecule has 49 heavy (non-hydrogen) atoms. The van der Waals surface area contributed by atoms with E-state index in [1.54, 1.807) is 24.1 Å². The van der Waals surface area contributed by atoms with Gasteiger partial charge in [0, 0.05) is 30.6 Å². The maximum absolute atomic E-state index is 15.7. The molecular formula is C36H52FN5O5SSi. The third kappa shape index (κ3) is 9.87. The number of nitrogens with one attached hydrogen (secondary N) is 1. The average molecular weight is 714 g/mol. The zero-order valence-electron chi connectivity index (χ0n) is 30.2. The normalized spacial score (nSPS) is 14.6. The van der Waals surface area contributed by atoms with Gasteiger partial charge < -0.3 is 23.6 Å². The van der Waals surface area contributed by atoms with Crippen molar-refractivity contribution in [2.24, 2.45) is 0 Å². The lowest BCUT2D eigenvalue weighted by atomic mass is 10.0. The maximum atomic E-state index is 15.7. The van der Waals surface area contributed by atoms with E-state index >= 15 is 4.39 Å². The van der Waals surface area contributed by atoms with Crippen molar-refractivity contribution in [1.29, 1.82) is 0 Å². The van der Waals surface area contributed by atoms with E-state index < -0.39 is 36.6 Å². The SMILES string of the molecule is COCCOc1cc(-c2cccc([C@H](N[S+]([O-])C(C)(C)C)C(F)CCCO)n2)cc2c1cnn2-c1cccc(CO[Si](C)(C)C(C)(C)C)n1. The lowest BCUT2D eigenvalue weighted by Crippen LogP contribution is -2.44. The van der Waals surface area contributed by atoms with Gasteiger partial charge in [-0.2, -0.15) is 5.10 Å². The predicted molar refractivity (Wildman–Crippen MR) is 196 cm³/mol. The Labute approximate surface area is 294 Å². The van der Waals surface area contributed by atoms with Crippen molar-refractivity contribution in [2.75, 3.05) is 26.9 Å². The van der Waals surface area contributed by atoms with Crippen LogP contribution in [0.25, 0.3) is 28.0 Å². The van der Waals surface area contributed by atoms with E-state index in [4.69, 9.17) is 29.0 Å². The summed E-state index contributed by atoms with van der Waals surface area (Å²) in [7, 11) is -0.364. The molecule has 2 unspecified atom stereocenters. The van der Waals surface area contributed by atoms with Crippen LogP contribution in [0.15, 0.2) is 54.7 Å². The van der Waals surface area contributed by atoms with Crippen LogP contribution in [-0.2, 0) is 27.1 Å². The van der Waals surface area contributed by atoms with Gasteiger partial charge in [0.25, 0.3) is 0 Å². The van der Waals surface area contributed by atoms with E-state index in [2.05, 4.69) is 38.6 Å². The summed E-state index contributed by atoms with van der Waals surface area (Å²) in [4.78, 5) is 9.79. The molecule has 0 aliphatic rings. The number of halogens is 1.